The summed E-state index contributed by atoms with van der Waals surface area (Å²) in [6.07, 6.45) is 1.16. The molecule has 8 heteroatoms. The SMILES string of the molecule is CCC(=O)CCCC(=O)NCC(=O)[C@@H](NC(C)=O)C(=O)O. The summed E-state index contributed by atoms with van der Waals surface area (Å²) in [7, 11) is 0. The molecule has 8 nitrogen and oxygen atoms in total. The van der Waals surface area contributed by atoms with Crippen LogP contribution in [0.15, 0.2) is 0 Å². The number of nitrogens with one attached hydrogen (secondary N) is 2. The van der Waals surface area contributed by atoms with Crippen LogP contribution in [0.4, 0.5) is 0 Å². The van der Waals surface area contributed by atoms with Crippen molar-refractivity contribution < 1.29 is 29.1 Å². The van der Waals surface area contributed by atoms with E-state index in [1.807, 2.05) is 5.32 Å². The molecule has 1 atom stereocenters. The van der Waals surface area contributed by atoms with Gasteiger partial charge in [0, 0.05) is 26.2 Å². The van der Waals surface area contributed by atoms with Crippen LogP contribution in [0.1, 0.15) is 39.5 Å². The fourth-order valence-electron chi connectivity index (χ4n) is 1.48. The lowest BCUT2D eigenvalue weighted by Gasteiger charge is -2.12. The average molecular weight is 300 g/mol. The number of hydrogen-bond donors (Lipinski definition) is 3. The van der Waals surface area contributed by atoms with Gasteiger partial charge in [-0.25, -0.2) is 4.79 Å². The lowest BCUT2D eigenvalue weighted by Crippen LogP contribution is -2.49. The van der Waals surface area contributed by atoms with Crippen molar-refractivity contribution in [2.75, 3.05) is 6.54 Å². The van der Waals surface area contributed by atoms with Crippen LogP contribution in [-0.2, 0) is 24.0 Å². The second-order valence-electron chi connectivity index (χ2n) is 4.46. The molecule has 0 radical (unpaired) electrons. The minimum atomic E-state index is -1.68. The van der Waals surface area contributed by atoms with E-state index in [9.17, 15) is 24.0 Å². The Morgan fingerprint density at radius 2 is 1.71 bits per heavy atom. The first-order valence-corrected chi connectivity index (χ1v) is 6.59. The lowest BCUT2D eigenvalue weighted by molar-refractivity contribution is -0.145. The molecule has 0 saturated heterocycles. The number of aliphatic carboxylic acids is 1. The van der Waals surface area contributed by atoms with Crippen molar-refractivity contribution in [2.45, 2.75) is 45.6 Å². The third-order valence-corrected chi connectivity index (χ3v) is 2.63. The monoisotopic (exact) mass is 300 g/mol. The second-order valence-corrected chi connectivity index (χ2v) is 4.46. The highest BCUT2D eigenvalue weighted by atomic mass is 16.4. The molecule has 0 rings (SSSR count). The Hall–Kier alpha value is -2.25. The van der Waals surface area contributed by atoms with Gasteiger partial charge in [0.1, 0.15) is 5.78 Å². The number of hydrogen-bond acceptors (Lipinski definition) is 5. The van der Waals surface area contributed by atoms with Gasteiger partial charge in [-0.2, -0.15) is 0 Å². The molecule has 118 valence electrons. The predicted molar refractivity (Wildman–Crippen MR) is 72.4 cm³/mol. The van der Waals surface area contributed by atoms with Crippen LogP contribution in [0.3, 0.4) is 0 Å². The Labute approximate surface area is 122 Å². The van der Waals surface area contributed by atoms with Crippen LogP contribution in [0.25, 0.3) is 0 Å². The van der Waals surface area contributed by atoms with Gasteiger partial charge in [-0.05, 0) is 6.42 Å². The quantitative estimate of drug-likeness (QED) is 0.462. The Morgan fingerprint density at radius 1 is 1.10 bits per heavy atom. The standard InChI is InChI=1S/C13H20N2O6/c1-3-9(17)5-4-6-11(19)14-7-10(18)12(13(20)21)15-8(2)16/h12H,3-7H2,1-2H3,(H,14,19)(H,15,16)(H,20,21)/t12-/m1/s1. The third kappa shape index (κ3) is 8.51. The highest BCUT2D eigenvalue weighted by Crippen LogP contribution is 1.99. The van der Waals surface area contributed by atoms with Gasteiger partial charge in [-0.3, -0.25) is 19.2 Å². The first kappa shape index (κ1) is 18.8. The van der Waals surface area contributed by atoms with Crippen LogP contribution in [0, 0.1) is 0 Å². The zero-order valence-electron chi connectivity index (χ0n) is 12.1. The van der Waals surface area contributed by atoms with E-state index in [2.05, 4.69) is 5.32 Å². The van der Waals surface area contributed by atoms with Crippen molar-refractivity contribution in [3.8, 4) is 0 Å². The fourth-order valence-corrected chi connectivity index (χ4v) is 1.48. The van der Waals surface area contributed by atoms with Crippen molar-refractivity contribution in [3.05, 3.63) is 0 Å². The van der Waals surface area contributed by atoms with Gasteiger partial charge in [0.25, 0.3) is 0 Å². The minimum Gasteiger partial charge on any atom is -0.479 e. The second kappa shape index (κ2) is 9.62. The maximum absolute atomic E-state index is 11.6. The van der Waals surface area contributed by atoms with Crippen LogP contribution in [-0.4, -0.2) is 47.0 Å². The smallest absolute Gasteiger partial charge is 0.334 e. The van der Waals surface area contributed by atoms with Crippen LogP contribution < -0.4 is 10.6 Å². The van der Waals surface area contributed by atoms with Gasteiger partial charge in [0.15, 0.2) is 11.8 Å². The molecule has 0 aliphatic rings. The molecule has 0 saturated carbocycles. The molecule has 0 spiro atoms. The number of carbonyl (C=O) groups is 5. The molecular weight excluding hydrogens is 280 g/mol. The summed E-state index contributed by atoms with van der Waals surface area (Å²) < 4.78 is 0. The Morgan fingerprint density at radius 3 is 2.19 bits per heavy atom. The zero-order chi connectivity index (χ0) is 16.4. The molecular formula is C13H20N2O6. The summed E-state index contributed by atoms with van der Waals surface area (Å²) in [4.78, 5) is 55.7. The van der Waals surface area contributed by atoms with E-state index in [4.69, 9.17) is 5.11 Å². The molecule has 0 heterocycles. The summed E-state index contributed by atoms with van der Waals surface area (Å²) in [6.45, 7) is 2.33. The van der Waals surface area contributed by atoms with E-state index < -0.39 is 36.2 Å². The average Bonchev–Trinajstić information content (AvgIpc) is 2.41. The Kier molecular flexibility index (Phi) is 8.59. The minimum absolute atomic E-state index is 0.0514. The molecule has 0 aromatic heterocycles. The number of carbonyl (C=O) groups excluding carboxylic acids is 4. The van der Waals surface area contributed by atoms with E-state index >= 15 is 0 Å². The van der Waals surface area contributed by atoms with E-state index in [1.54, 1.807) is 6.92 Å². The molecule has 2 amide bonds. The van der Waals surface area contributed by atoms with Crippen molar-refractivity contribution >= 4 is 29.4 Å². The molecule has 0 aromatic rings. The number of rotatable bonds is 10. The molecule has 0 fully saturated rings. The molecule has 0 aromatic carbocycles. The van der Waals surface area contributed by atoms with Crippen molar-refractivity contribution in [2.24, 2.45) is 0 Å². The molecule has 0 bridgehead atoms. The van der Waals surface area contributed by atoms with Crippen molar-refractivity contribution in [3.63, 3.8) is 0 Å². The highest BCUT2D eigenvalue weighted by molar-refractivity contribution is 6.06. The number of carboxylic acids is 1. The van der Waals surface area contributed by atoms with E-state index in [1.165, 1.54) is 0 Å². The maximum atomic E-state index is 11.6. The summed E-state index contributed by atoms with van der Waals surface area (Å²) in [5, 5.41) is 13.1. The number of ketones is 2. The topological polar surface area (TPSA) is 130 Å². The normalized spacial score (nSPS) is 11.3. The van der Waals surface area contributed by atoms with Gasteiger partial charge in [0.05, 0.1) is 6.54 Å². The van der Waals surface area contributed by atoms with E-state index in [-0.39, 0.29) is 12.2 Å². The number of amides is 2. The van der Waals surface area contributed by atoms with Gasteiger partial charge in [-0.1, -0.05) is 6.92 Å². The highest BCUT2D eigenvalue weighted by Gasteiger charge is 2.26. The molecule has 0 aliphatic heterocycles. The summed E-state index contributed by atoms with van der Waals surface area (Å²) >= 11 is 0. The van der Waals surface area contributed by atoms with Gasteiger partial charge >= 0.3 is 5.97 Å². The lowest BCUT2D eigenvalue weighted by atomic mass is 10.1. The fraction of sp³-hybridized carbons (Fsp3) is 0.615. The summed E-state index contributed by atoms with van der Waals surface area (Å²) in [6, 6.07) is -1.68. The molecule has 0 unspecified atom stereocenters. The van der Waals surface area contributed by atoms with Gasteiger partial charge in [0.2, 0.25) is 11.8 Å². The third-order valence-electron chi connectivity index (χ3n) is 2.63. The maximum Gasteiger partial charge on any atom is 0.334 e. The number of carboxylic acid groups (broad SMARTS) is 1. The van der Waals surface area contributed by atoms with E-state index in [0.717, 1.165) is 6.92 Å². The predicted octanol–water partition coefficient (Wildman–Crippen LogP) is -0.590. The summed E-state index contributed by atoms with van der Waals surface area (Å²) in [5.41, 5.74) is 0. The zero-order valence-corrected chi connectivity index (χ0v) is 12.1. The van der Waals surface area contributed by atoms with Crippen molar-refractivity contribution in [1.29, 1.82) is 0 Å². The van der Waals surface area contributed by atoms with Crippen LogP contribution in [0.5, 0.6) is 0 Å². The summed E-state index contributed by atoms with van der Waals surface area (Å²) in [5.74, 6) is -3.36. The van der Waals surface area contributed by atoms with Crippen LogP contribution in [0.2, 0.25) is 0 Å². The molecule has 21 heavy (non-hydrogen) atoms. The largest absolute Gasteiger partial charge is 0.479 e. The van der Waals surface area contributed by atoms with Gasteiger partial charge < -0.3 is 15.7 Å². The van der Waals surface area contributed by atoms with E-state index in [0.29, 0.717) is 19.3 Å². The Bertz CT molecular complexity index is 432. The van der Waals surface area contributed by atoms with Crippen molar-refractivity contribution in [1.82, 2.24) is 10.6 Å². The molecule has 0 aliphatic carbocycles. The first-order chi connectivity index (χ1) is 9.77. The number of Topliss-reactive ketones (excluding diaryl/α,β-unsaturated/α-hetero) is 2. The molecule has 3 N–H and O–H groups in total. The van der Waals surface area contributed by atoms with Crippen LogP contribution >= 0.6 is 0 Å². The first-order valence-electron chi connectivity index (χ1n) is 6.59. The van der Waals surface area contributed by atoms with Gasteiger partial charge in [-0.15, -0.1) is 0 Å². The Balaban J connectivity index is 4.15.